The van der Waals surface area contributed by atoms with Gasteiger partial charge in [0.1, 0.15) is 0 Å². The number of nitrogens with one attached hydrogen (secondary N) is 1. The van der Waals surface area contributed by atoms with E-state index in [1.165, 1.54) is 0 Å². The summed E-state index contributed by atoms with van der Waals surface area (Å²) in [6.45, 7) is 1.95. The number of para-hydroxylation sites is 1. The summed E-state index contributed by atoms with van der Waals surface area (Å²) in [7, 11) is 0. The summed E-state index contributed by atoms with van der Waals surface area (Å²) >= 11 is 0. The van der Waals surface area contributed by atoms with Crippen LogP contribution in [0.2, 0.25) is 0 Å². The smallest absolute Gasteiger partial charge is 0.274 e. The predicted molar refractivity (Wildman–Crippen MR) is 94.3 cm³/mol. The van der Waals surface area contributed by atoms with E-state index in [1.807, 2.05) is 30.3 Å². The van der Waals surface area contributed by atoms with Crippen molar-refractivity contribution in [2.24, 2.45) is 11.7 Å². The van der Waals surface area contributed by atoms with E-state index in [-0.39, 0.29) is 17.7 Å². The monoisotopic (exact) mass is 341 g/mol. The van der Waals surface area contributed by atoms with Crippen molar-refractivity contribution in [3.8, 4) is 5.69 Å². The zero-order valence-corrected chi connectivity index (χ0v) is 14.1. The van der Waals surface area contributed by atoms with Gasteiger partial charge in [-0.15, -0.1) is 0 Å². The van der Waals surface area contributed by atoms with Crippen molar-refractivity contribution < 1.29 is 9.59 Å². The van der Waals surface area contributed by atoms with Crippen molar-refractivity contribution in [1.82, 2.24) is 20.0 Å². The summed E-state index contributed by atoms with van der Waals surface area (Å²) in [5, 5.41) is 7.19. The molecule has 0 saturated carbocycles. The van der Waals surface area contributed by atoms with Crippen molar-refractivity contribution >= 4 is 11.8 Å². The molecule has 1 unspecified atom stereocenters. The van der Waals surface area contributed by atoms with Gasteiger partial charge in [0, 0.05) is 32.4 Å². The Balaban J connectivity index is 1.66. The van der Waals surface area contributed by atoms with Crippen molar-refractivity contribution in [1.29, 1.82) is 0 Å². The highest BCUT2D eigenvalue weighted by Crippen LogP contribution is 2.19. The average molecular weight is 341 g/mol. The summed E-state index contributed by atoms with van der Waals surface area (Å²) in [6.07, 6.45) is 3.38. The molecule has 0 spiro atoms. The van der Waals surface area contributed by atoms with E-state index in [2.05, 4.69) is 10.4 Å². The molecule has 1 aromatic heterocycles. The van der Waals surface area contributed by atoms with Gasteiger partial charge in [0.2, 0.25) is 5.91 Å². The quantitative estimate of drug-likeness (QED) is 0.841. The van der Waals surface area contributed by atoms with Gasteiger partial charge in [-0.05, 0) is 31.0 Å². The summed E-state index contributed by atoms with van der Waals surface area (Å²) in [5.41, 5.74) is 6.72. The highest BCUT2D eigenvalue weighted by Gasteiger charge is 2.29. The minimum atomic E-state index is -0.180. The van der Waals surface area contributed by atoms with Crippen molar-refractivity contribution in [3.05, 3.63) is 48.3 Å². The zero-order chi connectivity index (χ0) is 17.6. The lowest BCUT2D eigenvalue weighted by molar-refractivity contribution is -0.126. The number of aromatic nitrogens is 2. The minimum Gasteiger partial charge on any atom is -0.355 e. The van der Waals surface area contributed by atoms with Crippen LogP contribution in [0.25, 0.3) is 5.69 Å². The van der Waals surface area contributed by atoms with Crippen LogP contribution in [0.15, 0.2) is 42.6 Å². The van der Waals surface area contributed by atoms with Gasteiger partial charge < -0.3 is 16.0 Å². The molecule has 25 heavy (non-hydrogen) atoms. The van der Waals surface area contributed by atoms with Crippen LogP contribution in [0.5, 0.6) is 0 Å². The van der Waals surface area contributed by atoms with Gasteiger partial charge in [-0.25, -0.2) is 4.68 Å². The molecule has 1 fully saturated rings. The molecule has 2 aromatic rings. The Bertz CT molecular complexity index is 728. The van der Waals surface area contributed by atoms with E-state index in [1.54, 1.807) is 21.8 Å². The van der Waals surface area contributed by atoms with Gasteiger partial charge in [0.25, 0.3) is 5.91 Å². The Morgan fingerprint density at radius 3 is 2.80 bits per heavy atom. The highest BCUT2D eigenvalue weighted by molar-refractivity contribution is 5.93. The average Bonchev–Trinajstić information content (AvgIpc) is 3.16. The number of likely N-dealkylation sites (tertiary alicyclic amines) is 1. The second-order valence-corrected chi connectivity index (χ2v) is 6.15. The van der Waals surface area contributed by atoms with Crippen LogP contribution in [-0.2, 0) is 4.79 Å². The van der Waals surface area contributed by atoms with Crippen LogP contribution >= 0.6 is 0 Å². The normalized spacial score (nSPS) is 17.3. The molecule has 1 atom stereocenters. The van der Waals surface area contributed by atoms with E-state index >= 15 is 0 Å². The lowest BCUT2D eigenvalue weighted by Gasteiger charge is -2.31. The molecule has 3 rings (SSSR count). The van der Waals surface area contributed by atoms with Crippen LogP contribution in [0, 0.1) is 5.92 Å². The summed E-state index contributed by atoms with van der Waals surface area (Å²) in [6, 6.07) is 11.4. The molecule has 2 amide bonds. The SMILES string of the molecule is NCCNC(=O)C1CCCN(C(=O)c2ccn(-c3ccccc3)n2)C1. The Hall–Kier alpha value is -2.67. The standard InChI is InChI=1S/C18H23N5O2/c19-9-10-20-17(24)14-5-4-11-22(13-14)18(25)16-8-12-23(21-16)15-6-2-1-3-7-15/h1-3,6-8,12,14H,4-5,9-11,13,19H2,(H,20,24). The molecule has 2 heterocycles. The Labute approximate surface area is 146 Å². The Kier molecular flexibility index (Phi) is 5.45. The van der Waals surface area contributed by atoms with E-state index in [0.29, 0.717) is 31.9 Å². The third-order valence-electron chi connectivity index (χ3n) is 4.35. The molecule has 0 bridgehead atoms. The first kappa shape index (κ1) is 17.2. The minimum absolute atomic E-state index is 0.0298. The first-order valence-corrected chi connectivity index (χ1v) is 8.57. The molecule has 3 N–H and O–H groups in total. The first-order chi connectivity index (χ1) is 12.2. The van der Waals surface area contributed by atoms with Gasteiger partial charge in [-0.1, -0.05) is 18.2 Å². The molecule has 1 saturated heterocycles. The molecule has 7 nitrogen and oxygen atoms in total. The second-order valence-electron chi connectivity index (χ2n) is 6.15. The van der Waals surface area contributed by atoms with Crippen molar-refractivity contribution in [2.75, 3.05) is 26.2 Å². The van der Waals surface area contributed by atoms with Crippen LogP contribution in [-0.4, -0.2) is 52.7 Å². The molecule has 0 aliphatic carbocycles. The van der Waals surface area contributed by atoms with Crippen molar-refractivity contribution in [3.63, 3.8) is 0 Å². The Morgan fingerprint density at radius 1 is 1.24 bits per heavy atom. The number of nitrogens with zero attached hydrogens (tertiary/aromatic N) is 3. The number of hydrogen-bond acceptors (Lipinski definition) is 4. The van der Waals surface area contributed by atoms with E-state index < -0.39 is 0 Å². The maximum absolute atomic E-state index is 12.7. The topological polar surface area (TPSA) is 93.3 Å². The number of rotatable bonds is 5. The molecular formula is C18H23N5O2. The summed E-state index contributed by atoms with van der Waals surface area (Å²) in [5.74, 6) is -0.343. The lowest BCUT2D eigenvalue weighted by atomic mass is 9.97. The molecule has 132 valence electrons. The van der Waals surface area contributed by atoms with E-state index in [4.69, 9.17) is 5.73 Å². The number of benzene rings is 1. The number of piperidine rings is 1. The van der Waals surface area contributed by atoms with Crippen LogP contribution < -0.4 is 11.1 Å². The third kappa shape index (κ3) is 4.06. The second kappa shape index (κ2) is 7.94. The van der Waals surface area contributed by atoms with Crippen LogP contribution in [0.3, 0.4) is 0 Å². The molecule has 1 aromatic carbocycles. The van der Waals surface area contributed by atoms with Gasteiger partial charge >= 0.3 is 0 Å². The van der Waals surface area contributed by atoms with Gasteiger partial charge in [-0.3, -0.25) is 9.59 Å². The van der Waals surface area contributed by atoms with Gasteiger partial charge in [0.15, 0.2) is 5.69 Å². The molecule has 1 aliphatic heterocycles. The lowest BCUT2D eigenvalue weighted by Crippen LogP contribution is -2.46. The fraction of sp³-hybridized carbons (Fsp3) is 0.389. The fourth-order valence-electron chi connectivity index (χ4n) is 3.04. The summed E-state index contributed by atoms with van der Waals surface area (Å²) < 4.78 is 1.68. The zero-order valence-electron chi connectivity index (χ0n) is 14.1. The van der Waals surface area contributed by atoms with Gasteiger partial charge in [0.05, 0.1) is 11.6 Å². The van der Waals surface area contributed by atoms with Crippen LogP contribution in [0.1, 0.15) is 23.3 Å². The van der Waals surface area contributed by atoms with Crippen molar-refractivity contribution in [2.45, 2.75) is 12.8 Å². The highest BCUT2D eigenvalue weighted by atomic mass is 16.2. The third-order valence-corrected chi connectivity index (χ3v) is 4.35. The molecule has 1 aliphatic rings. The Morgan fingerprint density at radius 2 is 2.04 bits per heavy atom. The van der Waals surface area contributed by atoms with Gasteiger partial charge in [-0.2, -0.15) is 5.10 Å². The number of carbonyl (C=O) groups is 2. The predicted octanol–water partition coefficient (Wildman–Crippen LogP) is 0.799. The largest absolute Gasteiger partial charge is 0.355 e. The van der Waals surface area contributed by atoms with E-state index in [9.17, 15) is 9.59 Å². The molecular weight excluding hydrogens is 318 g/mol. The number of nitrogens with two attached hydrogens (primary N) is 1. The number of hydrogen-bond donors (Lipinski definition) is 2. The number of amides is 2. The van der Waals surface area contributed by atoms with Crippen LogP contribution in [0.4, 0.5) is 0 Å². The molecule has 0 radical (unpaired) electrons. The van der Waals surface area contributed by atoms with E-state index in [0.717, 1.165) is 18.5 Å². The first-order valence-electron chi connectivity index (χ1n) is 8.57. The fourth-order valence-corrected chi connectivity index (χ4v) is 3.04. The maximum atomic E-state index is 12.7. The molecule has 7 heteroatoms. The number of carbonyl (C=O) groups excluding carboxylic acids is 2. The summed E-state index contributed by atoms with van der Waals surface area (Å²) in [4.78, 5) is 26.6. The maximum Gasteiger partial charge on any atom is 0.274 e.